The van der Waals surface area contributed by atoms with Crippen molar-refractivity contribution in [1.29, 1.82) is 0 Å². The van der Waals surface area contributed by atoms with Gasteiger partial charge in [0.1, 0.15) is 0 Å². The molecule has 0 aromatic heterocycles. The highest BCUT2D eigenvalue weighted by molar-refractivity contribution is 7.89. The number of nitrogens with one attached hydrogen (secondary N) is 1. The first-order valence-electron chi connectivity index (χ1n) is 3.34. The fourth-order valence-corrected chi connectivity index (χ4v) is 1.40. The van der Waals surface area contributed by atoms with Crippen LogP contribution in [0.5, 0.6) is 0 Å². The second-order valence-electron chi connectivity index (χ2n) is 2.44. The minimum absolute atomic E-state index is 0.0380. The summed E-state index contributed by atoms with van der Waals surface area (Å²) in [5, 5.41) is 4.88. The summed E-state index contributed by atoms with van der Waals surface area (Å²) >= 11 is 0. The van der Waals surface area contributed by atoms with Gasteiger partial charge in [-0.2, -0.15) is 0 Å². The molecular weight excluding hydrogens is 192 g/mol. The zero-order valence-electron chi connectivity index (χ0n) is 6.69. The standard InChI is InChI=1S/C6H10N4O2S/c7-5-3-4(13(9,11)12)1-2-6(5)10-8/h1-3,10H,7-8H2,(H2,9,11,12). The Hall–Kier alpha value is -1.31. The second-order valence-corrected chi connectivity index (χ2v) is 4.00. The number of rotatable bonds is 2. The predicted molar refractivity (Wildman–Crippen MR) is 50.0 cm³/mol. The summed E-state index contributed by atoms with van der Waals surface area (Å²) in [4.78, 5) is -0.0380. The van der Waals surface area contributed by atoms with Gasteiger partial charge in [-0.25, -0.2) is 13.6 Å². The SMILES string of the molecule is NNc1ccc(S(N)(=O)=O)cc1N. The van der Waals surface area contributed by atoms with E-state index in [-0.39, 0.29) is 10.6 Å². The molecule has 0 spiro atoms. The Labute approximate surface area is 75.7 Å². The molecule has 0 saturated heterocycles. The van der Waals surface area contributed by atoms with E-state index in [4.69, 9.17) is 16.7 Å². The van der Waals surface area contributed by atoms with Crippen LogP contribution in [0.1, 0.15) is 0 Å². The van der Waals surface area contributed by atoms with Crippen molar-refractivity contribution in [2.75, 3.05) is 11.2 Å². The average Bonchev–Trinajstić information content (AvgIpc) is 2.02. The maximum absolute atomic E-state index is 10.9. The first-order chi connectivity index (χ1) is 5.95. The molecule has 0 aliphatic rings. The number of hydrogen-bond acceptors (Lipinski definition) is 5. The lowest BCUT2D eigenvalue weighted by molar-refractivity contribution is 0.598. The molecule has 7 heteroatoms. The summed E-state index contributed by atoms with van der Waals surface area (Å²) in [5.41, 5.74) is 8.46. The Morgan fingerprint density at radius 2 is 1.92 bits per heavy atom. The summed E-state index contributed by atoms with van der Waals surface area (Å²) in [6, 6.07) is 4.00. The van der Waals surface area contributed by atoms with Crippen molar-refractivity contribution < 1.29 is 8.42 Å². The summed E-state index contributed by atoms with van der Waals surface area (Å²) < 4.78 is 21.7. The van der Waals surface area contributed by atoms with Gasteiger partial charge in [-0.3, -0.25) is 5.84 Å². The van der Waals surface area contributed by atoms with Crippen LogP contribution in [0.3, 0.4) is 0 Å². The topological polar surface area (TPSA) is 124 Å². The molecular formula is C6H10N4O2S. The minimum atomic E-state index is -3.70. The van der Waals surface area contributed by atoms with E-state index >= 15 is 0 Å². The van der Waals surface area contributed by atoms with Gasteiger partial charge in [0.2, 0.25) is 10.0 Å². The monoisotopic (exact) mass is 202 g/mol. The van der Waals surface area contributed by atoms with E-state index < -0.39 is 10.0 Å². The lowest BCUT2D eigenvalue weighted by Crippen LogP contribution is -2.14. The van der Waals surface area contributed by atoms with Crippen molar-refractivity contribution in [2.24, 2.45) is 11.0 Å². The van der Waals surface area contributed by atoms with Crippen LogP contribution in [-0.4, -0.2) is 8.42 Å². The number of nitrogens with two attached hydrogens (primary N) is 3. The first kappa shape index (κ1) is 9.78. The molecule has 0 radical (unpaired) electrons. The molecule has 0 fully saturated rings. The molecule has 1 aromatic rings. The fraction of sp³-hybridized carbons (Fsp3) is 0. The van der Waals surface area contributed by atoms with Crippen LogP contribution in [0.4, 0.5) is 11.4 Å². The van der Waals surface area contributed by atoms with Crippen LogP contribution in [0.25, 0.3) is 0 Å². The van der Waals surface area contributed by atoms with E-state index in [0.29, 0.717) is 5.69 Å². The predicted octanol–water partition coefficient (Wildman–Crippen LogP) is -0.798. The van der Waals surface area contributed by atoms with Crippen LogP contribution >= 0.6 is 0 Å². The number of benzene rings is 1. The van der Waals surface area contributed by atoms with Crippen LogP contribution in [0.15, 0.2) is 23.1 Å². The van der Waals surface area contributed by atoms with Gasteiger partial charge < -0.3 is 11.2 Å². The van der Waals surface area contributed by atoms with Gasteiger partial charge in [0.05, 0.1) is 16.3 Å². The van der Waals surface area contributed by atoms with E-state index in [9.17, 15) is 8.42 Å². The van der Waals surface area contributed by atoms with E-state index in [0.717, 1.165) is 0 Å². The lowest BCUT2D eigenvalue weighted by atomic mass is 10.3. The van der Waals surface area contributed by atoms with Crippen molar-refractivity contribution >= 4 is 21.4 Å². The molecule has 0 aliphatic carbocycles. The normalized spacial score (nSPS) is 11.2. The van der Waals surface area contributed by atoms with Gasteiger partial charge in [-0.05, 0) is 18.2 Å². The van der Waals surface area contributed by atoms with Crippen LogP contribution in [0.2, 0.25) is 0 Å². The fourth-order valence-electron chi connectivity index (χ4n) is 0.849. The molecule has 0 atom stereocenters. The highest BCUT2D eigenvalue weighted by atomic mass is 32.2. The summed E-state index contributed by atoms with van der Waals surface area (Å²) in [6.07, 6.45) is 0. The van der Waals surface area contributed by atoms with E-state index in [1.54, 1.807) is 0 Å². The average molecular weight is 202 g/mol. The number of hydrogen-bond donors (Lipinski definition) is 4. The van der Waals surface area contributed by atoms with Crippen LogP contribution in [0, 0.1) is 0 Å². The molecule has 0 saturated carbocycles. The summed E-state index contributed by atoms with van der Waals surface area (Å²) in [5.74, 6) is 5.10. The lowest BCUT2D eigenvalue weighted by Gasteiger charge is -2.05. The zero-order valence-corrected chi connectivity index (χ0v) is 7.51. The maximum Gasteiger partial charge on any atom is 0.238 e. The molecule has 1 aromatic carbocycles. The third-order valence-corrected chi connectivity index (χ3v) is 2.42. The van der Waals surface area contributed by atoms with Crippen LogP contribution in [-0.2, 0) is 10.0 Å². The molecule has 72 valence electrons. The molecule has 0 heterocycles. The van der Waals surface area contributed by atoms with Crippen molar-refractivity contribution in [1.82, 2.24) is 0 Å². The molecule has 0 amide bonds. The van der Waals surface area contributed by atoms with Gasteiger partial charge >= 0.3 is 0 Å². The third-order valence-electron chi connectivity index (χ3n) is 1.51. The van der Waals surface area contributed by atoms with Gasteiger partial charge in [-0.15, -0.1) is 0 Å². The number of nitrogen functional groups attached to an aromatic ring is 2. The Balaban J connectivity index is 3.26. The largest absolute Gasteiger partial charge is 0.397 e. The highest BCUT2D eigenvalue weighted by Gasteiger charge is 2.08. The third kappa shape index (κ3) is 2.08. The maximum atomic E-state index is 10.9. The molecule has 0 unspecified atom stereocenters. The van der Waals surface area contributed by atoms with Crippen molar-refractivity contribution in [3.63, 3.8) is 0 Å². The Bertz CT molecular complexity index is 415. The first-order valence-corrected chi connectivity index (χ1v) is 4.88. The molecule has 1 rings (SSSR count). The second kappa shape index (κ2) is 3.21. The number of sulfonamides is 1. The van der Waals surface area contributed by atoms with Gasteiger partial charge in [0, 0.05) is 0 Å². The summed E-state index contributed by atoms with van der Waals surface area (Å²) in [7, 11) is -3.70. The van der Waals surface area contributed by atoms with E-state index in [1.807, 2.05) is 0 Å². The zero-order chi connectivity index (χ0) is 10.1. The van der Waals surface area contributed by atoms with Gasteiger partial charge in [-0.1, -0.05) is 0 Å². The highest BCUT2D eigenvalue weighted by Crippen LogP contribution is 2.20. The number of anilines is 2. The quantitative estimate of drug-likeness (QED) is 0.284. The van der Waals surface area contributed by atoms with Gasteiger partial charge in [0.25, 0.3) is 0 Å². The molecule has 13 heavy (non-hydrogen) atoms. The van der Waals surface area contributed by atoms with Crippen LogP contribution < -0.4 is 22.1 Å². The molecule has 0 bridgehead atoms. The van der Waals surface area contributed by atoms with E-state index in [1.165, 1.54) is 18.2 Å². The smallest absolute Gasteiger partial charge is 0.238 e. The molecule has 7 N–H and O–H groups in total. The Kier molecular flexibility index (Phi) is 2.41. The Morgan fingerprint density at radius 1 is 1.31 bits per heavy atom. The molecule has 0 aliphatic heterocycles. The minimum Gasteiger partial charge on any atom is -0.397 e. The van der Waals surface area contributed by atoms with Crippen molar-refractivity contribution in [3.8, 4) is 0 Å². The number of primary sulfonamides is 1. The van der Waals surface area contributed by atoms with Crippen molar-refractivity contribution in [2.45, 2.75) is 4.90 Å². The summed E-state index contributed by atoms with van der Waals surface area (Å²) in [6.45, 7) is 0. The van der Waals surface area contributed by atoms with Gasteiger partial charge in [0.15, 0.2) is 0 Å². The molecule has 6 nitrogen and oxygen atoms in total. The van der Waals surface area contributed by atoms with E-state index in [2.05, 4.69) is 5.43 Å². The van der Waals surface area contributed by atoms with Crippen molar-refractivity contribution in [3.05, 3.63) is 18.2 Å². The number of hydrazine groups is 1. The Morgan fingerprint density at radius 3 is 2.31 bits per heavy atom.